The summed E-state index contributed by atoms with van der Waals surface area (Å²) < 4.78 is 1.62. The molecule has 0 saturated heterocycles. The van der Waals surface area contributed by atoms with Crippen molar-refractivity contribution in [2.75, 3.05) is 11.5 Å². The molecule has 146 valence electrons. The summed E-state index contributed by atoms with van der Waals surface area (Å²) in [6.07, 6.45) is 0. The minimum atomic E-state index is -0.129. The van der Waals surface area contributed by atoms with Crippen molar-refractivity contribution in [1.29, 1.82) is 0 Å². The molecule has 0 unspecified atom stereocenters. The highest BCUT2D eigenvalue weighted by Crippen LogP contribution is 2.25. The van der Waals surface area contributed by atoms with Crippen LogP contribution in [0.2, 0.25) is 0 Å². The van der Waals surface area contributed by atoms with E-state index in [2.05, 4.69) is 15.0 Å². The number of hydrogen-bond acceptors (Lipinski definition) is 8. The predicted octanol–water partition coefficient (Wildman–Crippen LogP) is 2.64. The summed E-state index contributed by atoms with van der Waals surface area (Å²) in [6, 6.07) is 13.2. The lowest BCUT2D eigenvalue weighted by molar-refractivity contribution is 0.817. The monoisotopic (exact) mass is 405 g/mol. The molecule has 0 amide bonds. The van der Waals surface area contributed by atoms with Crippen molar-refractivity contribution in [1.82, 2.24) is 24.5 Å². The number of nitrogens with two attached hydrogens (primary N) is 2. The van der Waals surface area contributed by atoms with Gasteiger partial charge in [-0.15, -0.1) is 0 Å². The number of aromatic nitrogens is 5. The van der Waals surface area contributed by atoms with Crippen LogP contribution in [0.5, 0.6) is 0 Å². The fourth-order valence-corrected chi connectivity index (χ4v) is 3.82. The zero-order valence-electron chi connectivity index (χ0n) is 16.0. The highest BCUT2D eigenvalue weighted by atomic mass is 32.2. The minimum Gasteiger partial charge on any atom is -0.368 e. The van der Waals surface area contributed by atoms with Crippen LogP contribution in [0.15, 0.2) is 52.4 Å². The summed E-state index contributed by atoms with van der Waals surface area (Å²) in [7, 11) is 0. The number of anilines is 2. The van der Waals surface area contributed by atoms with Crippen LogP contribution < -0.4 is 17.0 Å². The maximum absolute atomic E-state index is 13.3. The number of fused-ring (bicyclic) bond motifs is 1. The van der Waals surface area contributed by atoms with Gasteiger partial charge in [0, 0.05) is 0 Å². The van der Waals surface area contributed by atoms with Crippen molar-refractivity contribution in [2.24, 2.45) is 0 Å². The third-order valence-corrected chi connectivity index (χ3v) is 5.47. The van der Waals surface area contributed by atoms with E-state index in [-0.39, 0.29) is 17.5 Å². The van der Waals surface area contributed by atoms with Gasteiger partial charge in [0.15, 0.2) is 5.16 Å². The minimum absolute atomic E-state index is 0.0612. The number of rotatable bonds is 4. The molecule has 2 heterocycles. The molecule has 0 atom stereocenters. The van der Waals surface area contributed by atoms with Gasteiger partial charge in [-0.3, -0.25) is 9.36 Å². The molecule has 0 fully saturated rings. The van der Waals surface area contributed by atoms with Gasteiger partial charge in [0.1, 0.15) is 5.82 Å². The maximum atomic E-state index is 13.3. The number of nitrogen functional groups attached to an aromatic ring is 2. The first kappa shape index (κ1) is 18.9. The summed E-state index contributed by atoms with van der Waals surface area (Å²) in [5.74, 6) is 0.887. The van der Waals surface area contributed by atoms with Gasteiger partial charge in [0.05, 0.1) is 22.3 Å². The molecule has 4 rings (SSSR count). The zero-order chi connectivity index (χ0) is 20.5. The van der Waals surface area contributed by atoms with Crippen LogP contribution in [0.4, 0.5) is 11.9 Å². The maximum Gasteiger partial charge on any atom is 0.266 e. The highest BCUT2D eigenvalue weighted by Gasteiger charge is 2.15. The van der Waals surface area contributed by atoms with Crippen molar-refractivity contribution in [3.8, 4) is 5.69 Å². The molecule has 4 aromatic rings. The molecule has 4 N–H and O–H groups in total. The molecule has 2 aromatic heterocycles. The van der Waals surface area contributed by atoms with E-state index in [1.54, 1.807) is 10.6 Å². The largest absolute Gasteiger partial charge is 0.368 e. The van der Waals surface area contributed by atoms with Crippen molar-refractivity contribution < 1.29 is 0 Å². The molecule has 0 radical (unpaired) electrons. The Morgan fingerprint density at radius 3 is 2.38 bits per heavy atom. The van der Waals surface area contributed by atoms with Crippen LogP contribution >= 0.6 is 11.8 Å². The Kier molecular flexibility index (Phi) is 4.89. The van der Waals surface area contributed by atoms with E-state index in [1.165, 1.54) is 11.8 Å². The smallest absolute Gasteiger partial charge is 0.266 e. The Bertz CT molecular complexity index is 1270. The number of aryl methyl sites for hydroxylation is 2. The molecule has 0 spiro atoms. The third kappa shape index (κ3) is 3.77. The number of hydrogen-bond donors (Lipinski definition) is 2. The predicted molar refractivity (Wildman–Crippen MR) is 115 cm³/mol. The SMILES string of the molecule is Cc1ccc(-n2c(SCc3nc(N)nc(N)n3)nc3ccccc3c2=O)cc1C. The lowest BCUT2D eigenvalue weighted by Crippen LogP contribution is -2.22. The number of nitrogens with zero attached hydrogens (tertiary/aromatic N) is 5. The van der Waals surface area contributed by atoms with Crippen LogP contribution in [0, 0.1) is 13.8 Å². The Balaban J connectivity index is 1.84. The van der Waals surface area contributed by atoms with E-state index >= 15 is 0 Å². The molecule has 0 aliphatic carbocycles. The van der Waals surface area contributed by atoms with E-state index in [1.807, 2.05) is 50.2 Å². The summed E-state index contributed by atoms with van der Waals surface area (Å²) in [5, 5.41) is 1.10. The average molecular weight is 405 g/mol. The van der Waals surface area contributed by atoms with Crippen molar-refractivity contribution in [3.05, 3.63) is 69.8 Å². The second-order valence-electron chi connectivity index (χ2n) is 6.58. The molecule has 9 heteroatoms. The van der Waals surface area contributed by atoms with Crippen molar-refractivity contribution >= 4 is 34.6 Å². The fraction of sp³-hybridized carbons (Fsp3) is 0.150. The standard InChI is InChI=1S/C20H19N7OS/c1-11-7-8-13(9-12(11)2)27-17(28)14-5-3-4-6-15(14)23-20(27)29-10-16-24-18(21)26-19(22)25-16/h3-9H,10H2,1-2H3,(H4,21,22,24,25,26). The first-order valence-corrected chi connectivity index (χ1v) is 9.89. The van der Waals surface area contributed by atoms with Gasteiger partial charge >= 0.3 is 0 Å². The Hall–Kier alpha value is -3.46. The molecule has 8 nitrogen and oxygen atoms in total. The molecular formula is C20H19N7OS. The topological polar surface area (TPSA) is 126 Å². The van der Waals surface area contributed by atoms with Gasteiger partial charge < -0.3 is 11.5 Å². The average Bonchev–Trinajstić information content (AvgIpc) is 2.68. The van der Waals surface area contributed by atoms with E-state index in [0.29, 0.717) is 27.6 Å². The second-order valence-corrected chi connectivity index (χ2v) is 7.52. The molecule has 0 aliphatic heterocycles. The molecule has 2 aromatic carbocycles. The summed E-state index contributed by atoms with van der Waals surface area (Å²) in [5.41, 5.74) is 14.8. The molecule has 0 aliphatic rings. The second kappa shape index (κ2) is 7.51. The van der Waals surface area contributed by atoms with Crippen LogP contribution in [0.25, 0.3) is 16.6 Å². The Labute approximate surface area is 171 Å². The first-order valence-electron chi connectivity index (χ1n) is 8.90. The first-order chi connectivity index (χ1) is 13.9. The van der Waals surface area contributed by atoms with Gasteiger partial charge in [-0.1, -0.05) is 30.0 Å². The summed E-state index contributed by atoms with van der Waals surface area (Å²) >= 11 is 1.34. The van der Waals surface area contributed by atoms with E-state index in [9.17, 15) is 4.79 Å². The molecule has 29 heavy (non-hydrogen) atoms. The lowest BCUT2D eigenvalue weighted by Gasteiger charge is -2.14. The van der Waals surface area contributed by atoms with Gasteiger partial charge in [0.25, 0.3) is 5.56 Å². The number of thioether (sulfide) groups is 1. The normalized spacial score (nSPS) is 11.1. The molecule has 0 saturated carbocycles. The van der Waals surface area contributed by atoms with Crippen LogP contribution in [0.3, 0.4) is 0 Å². The number of benzene rings is 2. The number of para-hydroxylation sites is 1. The quantitative estimate of drug-likeness (QED) is 0.392. The van der Waals surface area contributed by atoms with Crippen molar-refractivity contribution in [2.45, 2.75) is 24.8 Å². The van der Waals surface area contributed by atoms with Crippen LogP contribution in [-0.4, -0.2) is 24.5 Å². The fourth-order valence-electron chi connectivity index (χ4n) is 2.95. The summed E-state index contributed by atoms with van der Waals surface area (Å²) in [6.45, 7) is 4.05. The van der Waals surface area contributed by atoms with Crippen LogP contribution in [-0.2, 0) is 5.75 Å². The van der Waals surface area contributed by atoms with Gasteiger partial charge in [0.2, 0.25) is 11.9 Å². The van der Waals surface area contributed by atoms with Gasteiger partial charge in [-0.25, -0.2) is 4.98 Å². The lowest BCUT2D eigenvalue weighted by atomic mass is 10.1. The highest BCUT2D eigenvalue weighted by molar-refractivity contribution is 7.98. The molecular weight excluding hydrogens is 386 g/mol. The van der Waals surface area contributed by atoms with Crippen LogP contribution in [0.1, 0.15) is 17.0 Å². The van der Waals surface area contributed by atoms with E-state index in [4.69, 9.17) is 16.5 Å². The molecule has 0 bridgehead atoms. The Morgan fingerprint density at radius 2 is 1.66 bits per heavy atom. The van der Waals surface area contributed by atoms with Crippen molar-refractivity contribution in [3.63, 3.8) is 0 Å². The van der Waals surface area contributed by atoms with Gasteiger partial charge in [-0.2, -0.15) is 15.0 Å². The zero-order valence-corrected chi connectivity index (χ0v) is 16.8. The Morgan fingerprint density at radius 1 is 0.931 bits per heavy atom. The summed E-state index contributed by atoms with van der Waals surface area (Å²) in [4.78, 5) is 30.0. The van der Waals surface area contributed by atoms with Gasteiger partial charge in [-0.05, 0) is 49.2 Å². The van der Waals surface area contributed by atoms with E-state index in [0.717, 1.165) is 16.8 Å². The van der Waals surface area contributed by atoms with E-state index < -0.39 is 0 Å². The third-order valence-electron chi connectivity index (χ3n) is 4.54.